The van der Waals surface area contributed by atoms with E-state index in [1.54, 1.807) is 0 Å². The lowest BCUT2D eigenvalue weighted by Gasteiger charge is -2.40. The lowest BCUT2D eigenvalue weighted by Crippen LogP contribution is -2.44. The zero-order chi connectivity index (χ0) is 16.4. The zero-order valence-electron chi connectivity index (χ0n) is 12.8. The lowest BCUT2D eigenvalue weighted by molar-refractivity contribution is 0.0300. The van der Waals surface area contributed by atoms with Crippen molar-refractivity contribution in [2.24, 2.45) is 0 Å². The molecule has 0 bridgehead atoms. The normalized spacial score (nSPS) is 21.2. The quantitative estimate of drug-likeness (QED) is 0.942. The van der Waals surface area contributed by atoms with Crippen LogP contribution in [0.2, 0.25) is 0 Å². The van der Waals surface area contributed by atoms with Crippen molar-refractivity contribution in [2.75, 3.05) is 18.1 Å². The summed E-state index contributed by atoms with van der Waals surface area (Å²) in [5.41, 5.74) is 1.39. The Labute approximate surface area is 134 Å². The highest BCUT2D eigenvalue weighted by atomic mass is 19.1. The summed E-state index contributed by atoms with van der Waals surface area (Å²) in [7, 11) is 0. The third-order valence-electron chi connectivity index (χ3n) is 4.06. The molecule has 2 atom stereocenters. The minimum Gasteiger partial charge on any atom is -0.478 e. The molecule has 0 amide bonds. The largest absolute Gasteiger partial charge is 0.478 e. The summed E-state index contributed by atoms with van der Waals surface area (Å²) in [5, 5.41) is 8.98. The highest BCUT2D eigenvalue weighted by Crippen LogP contribution is 2.33. The lowest BCUT2D eigenvalue weighted by atomic mass is 10.0. The van der Waals surface area contributed by atoms with Gasteiger partial charge in [0.2, 0.25) is 0 Å². The molecule has 1 saturated heterocycles. The maximum Gasteiger partial charge on any atom is 0.335 e. The van der Waals surface area contributed by atoms with Gasteiger partial charge in [0.05, 0.1) is 30.0 Å². The van der Waals surface area contributed by atoms with Gasteiger partial charge in [0.25, 0.3) is 0 Å². The summed E-state index contributed by atoms with van der Waals surface area (Å²) in [6.45, 7) is 2.95. The van der Waals surface area contributed by atoms with Crippen molar-refractivity contribution in [2.45, 2.75) is 19.1 Å². The fraction of sp³-hybridized carbons (Fsp3) is 0.278. The van der Waals surface area contributed by atoms with Crippen LogP contribution in [0, 0.1) is 5.82 Å². The molecular formula is C18H18FNO3. The molecule has 5 heteroatoms. The van der Waals surface area contributed by atoms with Gasteiger partial charge in [-0.15, -0.1) is 0 Å². The summed E-state index contributed by atoms with van der Waals surface area (Å²) < 4.78 is 20.2. The fourth-order valence-electron chi connectivity index (χ4n) is 2.89. The molecule has 1 unspecified atom stereocenters. The van der Waals surface area contributed by atoms with Crippen LogP contribution in [0.15, 0.2) is 48.5 Å². The molecule has 4 nitrogen and oxygen atoms in total. The first-order valence-corrected chi connectivity index (χ1v) is 7.52. The minimum absolute atomic E-state index is 0.0199. The van der Waals surface area contributed by atoms with Crippen molar-refractivity contribution < 1.29 is 19.0 Å². The van der Waals surface area contributed by atoms with E-state index in [-0.39, 0.29) is 17.7 Å². The molecule has 1 fully saturated rings. The number of carboxylic acids is 1. The number of carboxylic acid groups (broad SMARTS) is 1. The van der Waals surface area contributed by atoms with E-state index in [1.165, 1.54) is 12.1 Å². The molecule has 1 heterocycles. The standard InChI is InChI=1S/C18H18FNO3/c1-12-10-20(16-8-7-14(18(21)22)9-15(16)19)17(11-23-12)13-5-3-2-4-6-13/h2-9,12,17H,10-11H2,1H3,(H,21,22)/t12-,17?/m1/s1. The maximum absolute atomic E-state index is 14.5. The molecule has 2 aromatic rings. The van der Waals surface area contributed by atoms with Crippen LogP contribution >= 0.6 is 0 Å². The van der Waals surface area contributed by atoms with E-state index in [2.05, 4.69) is 0 Å². The van der Waals surface area contributed by atoms with Gasteiger partial charge in [-0.2, -0.15) is 0 Å². The number of anilines is 1. The predicted octanol–water partition coefficient (Wildman–Crippen LogP) is 3.49. The Morgan fingerprint density at radius 2 is 2.00 bits per heavy atom. The molecule has 0 radical (unpaired) electrons. The summed E-state index contributed by atoms with van der Waals surface area (Å²) >= 11 is 0. The van der Waals surface area contributed by atoms with E-state index in [0.717, 1.165) is 11.6 Å². The van der Waals surface area contributed by atoms with Crippen LogP contribution in [0.3, 0.4) is 0 Å². The summed E-state index contributed by atoms with van der Waals surface area (Å²) in [5.74, 6) is -1.66. The number of halogens is 1. The second-order valence-corrected chi connectivity index (χ2v) is 5.69. The molecule has 1 aliphatic rings. The average molecular weight is 315 g/mol. The van der Waals surface area contributed by atoms with Crippen molar-refractivity contribution in [1.82, 2.24) is 0 Å². The Hall–Kier alpha value is -2.40. The molecule has 3 rings (SSSR count). The van der Waals surface area contributed by atoms with E-state index >= 15 is 0 Å². The Balaban J connectivity index is 1.98. The van der Waals surface area contributed by atoms with Crippen LogP contribution in [0.1, 0.15) is 28.9 Å². The third kappa shape index (κ3) is 3.19. The van der Waals surface area contributed by atoms with E-state index in [1.807, 2.05) is 42.2 Å². The van der Waals surface area contributed by atoms with Gasteiger partial charge in [-0.1, -0.05) is 30.3 Å². The number of benzene rings is 2. The van der Waals surface area contributed by atoms with Gasteiger partial charge in [-0.05, 0) is 30.7 Å². The van der Waals surface area contributed by atoms with Crippen molar-refractivity contribution in [3.05, 3.63) is 65.5 Å². The van der Waals surface area contributed by atoms with E-state index in [9.17, 15) is 9.18 Å². The van der Waals surface area contributed by atoms with Crippen LogP contribution < -0.4 is 4.90 Å². The SMILES string of the molecule is C[C@@H]1CN(c2ccc(C(=O)O)cc2F)C(c2ccccc2)CO1. The second-order valence-electron chi connectivity index (χ2n) is 5.69. The molecule has 0 spiro atoms. The minimum atomic E-state index is -1.13. The van der Waals surface area contributed by atoms with Crippen LogP contribution in [-0.4, -0.2) is 30.3 Å². The molecule has 1 aliphatic heterocycles. The smallest absolute Gasteiger partial charge is 0.335 e. The third-order valence-corrected chi connectivity index (χ3v) is 4.06. The van der Waals surface area contributed by atoms with E-state index in [4.69, 9.17) is 9.84 Å². The number of hydrogen-bond acceptors (Lipinski definition) is 3. The van der Waals surface area contributed by atoms with Gasteiger partial charge < -0.3 is 14.7 Å². The molecule has 0 aliphatic carbocycles. The van der Waals surface area contributed by atoms with Crippen LogP contribution in [0.5, 0.6) is 0 Å². The first kappa shape index (κ1) is 15.5. The number of carbonyl (C=O) groups is 1. The van der Waals surface area contributed by atoms with Gasteiger partial charge >= 0.3 is 5.97 Å². The van der Waals surface area contributed by atoms with E-state index < -0.39 is 11.8 Å². The molecule has 120 valence electrons. The van der Waals surface area contributed by atoms with Crippen LogP contribution in [0.4, 0.5) is 10.1 Å². The monoisotopic (exact) mass is 315 g/mol. The maximum atomic E-state index is 14.5. The van der Waals surface area contributed by atoms with Gasteiger partial charge in [-0.25, -0.2) is 9.18 Å². The number of aromatic carboxylic acids is 1. The Bertz CT molecular complexity index is 705. The van der Waals surface area contributed by atoms with Crippen molar-refractivity contribution in [3.63, 3.8) is 0 Å². The van der Waals surface area contributed by atoms with Gasteiger partial charge in [0.1, 0.15) is 5.82 Å². The zero-order valence-corrected chi connectivity index (χ0v) is 12.8. The molecule has 23 heavy (non-hydrogen) atoms. The first-order chi connectivity index (χ1) is 11.1. The van der Waals surface area contributed by atoms with Gasteiger partial charge in [-0.3, -0.25) is 0 Å². The molecule has 2 aromatic carbocycles. The Morgan fingerprint density at radius 3 is 2.65 bits per heavy atom. The van der Waals surface area contributed by atoms with Gasteiger partial charge in [0, 0.05) is 6.54 Å². The first-order valence-electron chi connectivity index (χ1n) is 7.52. The topological polar surface area (TPSA) is 49.8 Å². The van der Waals surface area contributed by atoms with Crippen molar-refractivity contribution >= 4 is 11.7 Å². The summed E-state index contributed by atoms with van der Waals surface area (Å²) in [4.78, 5) is 12.9. The fourth-order valence-corrected chi connectivity index (χ4v) is 2.89. The van der Waals surface area contributed by atoms with Crippen LogP contribution in [0.25, 0.3) is 0 Å². The average Bonchev–Trinajstić information content (AvgIpc) is 2.55. The number of morpholine rings is 1. The molecular weight excluding hydrogens is 297 g/mol. The molecule has 1 N–H and O–H groups in total. The molecule has 0 saturated carbocycles. The number of nitrogens with zero attached hydrogens (tertiary/aromatic N) is 1. The van der Waals surface area contributed by atoms with Crippen molar-refractivity contribution in [3.8, 4) is 0 Å². The highest BCUT2D eigenvalue weighted by molar-refractivity contribution is 5.88. The highest BCUT2D eigenvalue weighted by Gasteiger charge is 2.30. The van der Waals surface area contributed by atoms with Crippen LogP contribution in [-0.2, 0) is 4.74 Å². The Morgan fingerprint density at radius 1 is 1.26 bits per heavy atom. The summed E-state index contributed by atoms with van der Waals surface area (Å²) in [6, 6.07) is 13.7. The van der Waals surface area contributed by atoms with Gasteiger partial charge in [0.15, 0.2) is 0 Å². The number of ether oxygens (including phenoxy) is 1. The number of hydrogen-bond donors (Lipinski definition) is 1. The number of rotatable bonds is 3. The van der Waals surface area contributed by atoms with E-state index in [0.29, 0.717) is 18.8 Å². The van der Waals surface area contributed by atoms with Crippen molar-refractivity contribution in [1.29, 1.82) is 0 Å². The predicted molar refractivity (Wildman–Crippen MR) is 85.3 cm³/mol. The summed E-state index contributed by atoms with van der Waals surface area (Å²) in [6.07, 6.45) is -0.0199. The second kappa shape index (κ2) is 6.38. The Kier molecular flexibility index (Phi) is 4.30. The molecule has 0 aromatic heterocycles.